The van der Waals surface area contributed by atoms with Crippen molar-refractivity contribution in [3.63, 3.8) is 0 Å². The van der Waals surface area contributed by atoms with Gasteiger partial charge in [0.1, 0.15) is 0 Å². The maximum atomic E-state index is 11.8. The van der Waals surface area contributed by atoms with E-state index in [0.29, 0.717) is 11.4 Å². The monoisotopic (exact) mass is 348 g/mol. The van der Waals surface area contributed by atoms with Crippen molar-refractivity contribution >= 4 is 43.2 Å². The number of alkyl halides is 1. The highest BCUT2D eigenvalue weighted by atomic mass is 79.9. The molecule has 0 aliphatic rings. The van der Waals surface area contributed by atoms with Crippen molar-refractivity contribution in [1.29, 1.82) is 0 Å². The van der Waals surface area contributed by atoms with Crippen LogP contribution < -0.4 is 10.0 Å². The minimum absolute atomic E-state index is 0.126. The zero-order chi connectivity index (χ0) is 14.6. The van der Waals surface area contributed by atoms with Gasteiger partial charge in [0.2, 0.25) is 15.9 Å². The van der Waals surface area contributed by atoms with E-state index < -0.39 is 10.0 Å². The van der Waals surface area contributed by atoms with Gasteiger partial charge in [-0.2, -0.15) is 0 Å². The third-order valence-electron chi connectivity index (χ3n) is 2.29. The second kappa shape index (κ2) is 6.38. The molecule has 0 radical (unpaired) electrons. The fourth-order valence-corrected chi connectivity index (χ4v) is 2.03. The first-order valence-corrected chi connectivity index (χ1v) is 8.52. The van der Waals surface area contributed by atoms with Crippen LogP contribution in [0, 0.1) is 5.92 Å². The minimum atomic E-state index is -3.28. The molecule has 5 nitrogen and oxygen atoms in total. The highest BCUT2D eigenvalue weighted by Gasteiger charge is 2.18. The number of rotatable bonds is 5. The quantitative estimate of drug-likeness (QED) is 0.802. The van der Waals surface area contributed by atoms with Gasteiger partial charge in [0.05, 0.1) is 11.1 Å². The van der Waals surface area contributed by atoms with Crippen LogP contribution in [0.4, 0.5) is 11.4 Å². The first-order chi connectivity index (χ1) is 8.69. The van der Waals surface area contributed by atoms with Crippen LogP contribution >= 0.6 is 15.9 Å². The van der Waals surface area contributed by atoms with Gasteiger partial charge in [-0.3, -0.25) is 9.52 Å². The Hall–Kier alpha value is -1.08. The Morgan fingerprint density at radius 3 is 2.05 bits per heavy atom. The molecule has 0 aromatic heterocycles. The maximum Gasteiger partial charge on any atom is 0.238 e. The molecular formula is C12H17BrN2O3S. The second-order valence-electron chi connectivity index (χ2n) is 4.59. The van der Waals surface area contributed by atoms with Gasteiger partial charge in [-0.25, -0.2) is 8.42 Å². The lowest BCUT2D eigenvalue weighted by Crippen LogP contribution is -2.26. The molecule has 0 saturated heterocycles. The van der Waals surface area contributed by atoms with Crippen molar-refractivity contribution < 1.29 is 13.2 Å². The average Bonchev–Trinajstić information content (AvgIpc) is 2.28. The molecule has 0 bridgehead atoms. The van der Waals surface area contributed by atoms with Crippen molar-refractivity contribution in [3.05, 3.63) is 24.3 Å². The van der Waals surface area contributed by atoms with Gasteiger partial charge >= 0.3 is 0 Å². The van der Waals surface area contributed by atoms with Gasteiger partial charge in [0, 0.05) is 11.4 Å². The Morgan fingerprint density at radius 1 is 1.16 bits per heavy atom. The van der Waals surface area contributed by atoms with Crippen molar-refractivity contribution in [2.24, 2.45) is 5.92 Å². The fourth-order valence-electron chi connectivity index (χ4n) is 1.35. The molecule has 0 aliphatic heterocycles. The summed E-state index contributed by atoms with van der Waals surface area (Å²) >= 11 is 3.32. The number of amides is 1. The molecule has 0 saturated carbocycles. The zero-order valence-electron chi connectivity index (χ0n) is 11.0. The second-order valence-corrected chi connectivity index (χ2v) is 7.32. The number of benzene rings is 1. The molecule has 2 N–H and O–H groups in total. The number of nitrogens with one attached hydrogen (secondary N) is 2. The summed E-state index contributed by atoms with van der Waals surface area (Å²) < 4.78 is 24.4. The molecule has 1 rings (SSSR count). The minimum Gasteiger partial charge on any atom is -0.325 e. The van der Waals surface area contributed by atoms with Crippen LogP contribution in [0.5, 0.6) is 0 Å². The van der Waals surface area contributed by atoms with E-state index in [1.165, 1.54) is 0 Å². The summed E-state index contributed by atoms with van der Waals surface area (Å²) in [5, 5.41) is 2.75. The number of hydrogen-bond acceptors (Lipinski definition) is 3. The van der Waals surface area contributed by atoms with Crippen molar-refractivity contribution in [3.8, 4) is 0 Å². The summed E-state index contributed by atoms with van der Waals surface area (Å²) in [5.74, 6) is 0.0602. The van der Waals surface area contributed by atoms with E-state index in [1.807, 2.05) is 13.8 Å². The van der Waals surface area contributed by atoms with Gasteiger partial charge in [0.25, 0.3) is 0 Å². The van der Waals surface area contributed by atoms with E-state index >= 15 is 0 Å². The summed E-state index contributed by atoms with van der Waals surface area (Å²) in [6.07, 6.45) is 1.08. The lowest BCUT2D eigenvalue weighted by atomic mass is 10.1. The molecule has 0 aliphatic carbocycles. The molecule has 1 aromatic carbocycles. The van der Waals surface area contributed by atoms with E-state index in [-0.39, 0.29) is 16.7 Å². The molecule has 106 valence electrons. The molecule has 0 spiro atoms. The number of carbonyl (C=O) groups is 1. The smallest absolute Gasteiger partial charge is 0.238 e. The van der Waals surface area contributed by atoms with Gasteiger partial charge in [-0.1, -0.05) is 29.8 Å². The Bertz CT molecular complexity index is 541. The number of hydrogen-bond donors (Lipinski definition) is 2. The standard InChI is InChI=1S/C12H17BrN2O3S/c1-8(2)11(13)12(16)14-9-4-6-10(7-5-9)15-19(3,17)18/h4-8,11,15H,1-3H3,(H,14,16). The molecule has 19 heavy (non-hydrogen) atoms. The SMILES string of the molecule is CC(C)C(Br)C(=O)Nc1ccc(NS(C)(=O)=O)cc1. The van der Waals surface area contributed by atoms with Crippen LogP contribution in [0.15, 0.2) is 24.3 Å². The predicted octanol–water partition coefficient (Wildman–Crippen LogP) is 2.42. The maximum absolute atomic E-state index is 11.8. The summed E-state index contributed by atoms with van der Waals surface area (Å²) in [4.78, 5) is 11.5. The highest BCUT2D eigenvalue weighted by Crippen LogP contribution is 2.18. The highest BCUT2D eigenvalue weighted by molar-refractivity contribution is 9.10. The van der Waals surface area contributed by atoms with Gasteiger partial charge in [0.15, 0.2) is 0 Å². The Kier molecular flexibility index (Phi) is 5.37. The summed E-state index contributed by atoms with van der Waals surface area (Å²) in [7, 11) is -3.28. The molecule has 1 aromatic rings. The van der Waals surface area contributed by atoms with Crippen LogP contribution in [0.2, 0.25) is 0 Å². The Labute approximate surface area is 122 Å². The van der Waals surface area contributed by atoms with Crippen LogP contribution in [0.3, 0.4) is 0 Å². The van der Waals surface area contributed by atoms with Crippen molar-refractivity contribution in [2.45, 2.75) is 18.7 Å². The third kappa shape index (κ3) is 5.61. The number of sulfonamides is 1. The normalized spacial score (nSPS) is 13.1. The van der Waals surface area contributed by atoms with Gasteiger partial charge < -0.3 is 5.32 Å². The van der Waals surface area contributed by atoms with E-state index in [2.05, 4.69) is 26.0 Å². The fraction of sp³-hybridized carbons (Fsp3) is 0.417. The van der Waals surface area contributed by atoms with Crippen molar-refractivity contribution in [2.75, 3.05) is 16.3 Å². The van der Waals surface area contributed by atoms with E-state index in [4.69, 9.17) is 0 Å². The van der Waals surface area contributed by atoms with E-state index in [9.17, 15) is 13.2 Å². The van der Waals surface area contributed by atoms with E-state index in [1.54, 1.807) is 24.3 Å². The first kappa shape index (κ1) is 16.0. The number of anilines is 2. The zero-order valence-corrected chi connectivity index (χ0v) is 13.4. The lowest BCUT2D eigenvalue weighted by molar-refractivity contribution is -0.116. The van der Waals surface area contributed by atoms with E-state index in [0.717, 1.165) is 6.26 Å². The molecular weight excluding hydrogens is 332 g/mol. The Balaban J connectivity index is 2.70. The van der Waals surface area contributed by atoms with Gasteiger partial charge in [-0.15, -0.1) is 0 Å². The summed E-state index contributed by atoms with van der Waals surface area (Å²) in [6.45, 7) is 3.89. The summed E-state index contributed by atoms with van der Waals surface area (Å²) in [5.41, 5.74) is 1.08. The predicted molar refractivity (Wildman–Crippen MR) is 81.1 cm³/mol. The van der Waals surface area contributed by atoms with Crippen molar-refractivity contribution in [1.82, 2.24) is 0 Å². The molecule has 1 unspecified atom stereocenters. The molecule has 7 heteroatoms. The Morgan fingerprint density at radius 2 is 1.63 bits per heavy atom. The van der Waals surface area contributed by atoms with Crippen LogP contribution in [0.25, 0.3) is 0 Å². The molecule has 0 fully saturated rings. The van der Waals surface area contributed by atoms with Crippen LogP contribution in [-0.4, -0.2) is 25.4 Å². The number of carbonyl (C=O) groups excluding carboxylic acids is 1. The average molecular weight is 349 g/mol. The lowest BCUT2D eigenvalue weighted by Gasteiger charge is -2.14. The van der Waals surface area contributed by atoms with Crippen LogP contribution in [0.1, 0.15) is 13.8 Å². The first-order valence-electron chi connectivity index (χ1n) is 5.72. The molecule has 1 atom stereocenters. The summed E-state index contributed by atoms with van der Waals surface area (Å²) in [6, 6.07) is 6.47. The molecule has 1 amide bonds. The van der Waals surface area contributed by atoms with Gasteiger partial charge in [-0.05, 0) is 30.2 Å². The molecule has 0 heterocycles. The topological polar surface area (TPSA) is 75.3 Å². The van der Waals surface area contributed by atoms with Crippen LogP contribution in [-0.2, 0) is 14.8 Å². The third-order valence-corrected chi connectivity index (χ3v) is 4.37. The largest absolute Gasteiger partial charge is 0.325 e. The number of halogens is 1.